The molecule has 50 heavy (non-hydrogen) atoms. The molecule has 0 fully saturated rings. The third-order valence-electron chi connectivity index (χ3n) is 8.03. The molecule has 0 saturated carbocycles. The second-order valence-electron chi connectivity index (χ2n) is 12.9. The average molecular weight is 692 g/mol. The zero-order valence-electron chi connectivity index (χ0n) is 29.7. The van der Waals surface area contributed by atoms with Gasteiger partial charge >= 0.3 is 35.7 Å². The fourth-order valence-corrected chi connectivity index (χ4v) is 5.58. The van der Waals surface area contributed by atoms with Crippen LogP contribution in [0.2, 0.25) is 0 Å². The van der Waals surface area contributed by atoms with Gasteiger partial charge in [0.15, 0.2) is 0 Å². The number of H-pyrrole nitrogens is 1. The topological polar surface area (TPSA) is 180 Å². The number of hydrogen-bond donors (Lipinski definition) is 3. The van der Waals surface area contributed by atoms with Gasteiger partial charge in [-0.15, -0.1) is 0 Å². The summed E-state index contributed by atoms with van der Waals surface area (Å²) in [6.07, 6.45) is 1.00. The second-order valence-corrected chi connectivity index (χ2v) is 12.9. The van der Waals surface area contributed by atoms with Gasteiger partial charge in [0.2, 0.25) is 11.8 Å². The summed E-state index contributed by atoms with van der Waals surface area (Å²) in [5.41, 5.74) is 9.03. The first-order valence-corrected chi connectivity index (χ1v) is 15.8. The van der Waals surface area contributed by atoms with Crippen LogP contribution in [-0.2, 0) is 22.5 Å². The maximum atomic E-state index is 14.8. The number of aromatic nitrogens is 2. The Morgan fingerprint density at radius 3 is 2.22 bits per heavy atom. The number of carbonyl (C=O) groups is 4. The quantitative estimate of drug-likeness (QED) is 0.187. The summed E-state index contributed by atoms with van der Waals surface area (Å²) in [6, 6.07) is 15.5. The fraction of sp³-hybridized carbons (Fsp3) is 0.324. The number of primary amides is 1. The Labute approximate surface area is 314 Å². The van der Waals surface area contributed by atoms with Gasteiger partial charge in [-0.2, -0.15) is 0 Å². The number of aromatic carboxylic acids is 1. The SMILES string of the molecule is COc1ccc(CN(C(=O)C(Cc2c(C)cc(C(N)=O)cc2C)NC(=O)OC(C)(C)C)C(C)c2nc(-c3ccccc3)c[nH]2)cc1C(=O)[O-].[Na+]. The summed E-state index contributed by atoms with van der Waals surface area (Å²) in [5.74, 6) is -1.92. The first-order chi connectivity index (χ1) is 23.1. The van der Waals surface area contributed by atoms with Gasteiger partial charge in [-0.05, 0) is 88.1 Å². The number of alkyl carbamates (subject to hydrolysis) is 1. The number of nitrogens with two attached hydrogens (primary N) is 1. The molecule has 0 bridgehead atoms. The predicted octanol–water partition coefficient (Wildman–Crippen LogP) is 1.39. The fourth-order valence-electron chi connectivity index (χ4n) is 5.58. The molecule has 3 amide bonds. The van der Waals surface area contributed by atoms with Crippen molar-refractivity contribution in [1.29, 1.82) is 0 Å². The summed E-state index contributed by atoms with van der Waals surface area (Å²) in [5, 5.41) is 14.7. The maximum Gasteiger partial charge on any atom is 1.00 e. The van der Waals surface area contributed by atoms with E-state index in [1.54, 1.807) is 65.9 Å². The number of aryl methyl sites for hydroxylation is 2. The number of imidazole rings is 1. The van der Waals surface area contributed by atoms with Crippen LogP contribution >= 0.6 is 0 Å². The monoisotopic (exact) mass is 691 g/mol. The first kappa shape index (κ1) is 39.8. The van der Waals surface area contributed by atoms with Gasteiger partial charge < -0.3 is 40.3 Å². The van der Waals surface area contributed by atoms with Crippen LogP contribution < -0.4 is 50.5 Å². The molecule has 4 rings (SSSR count). The average Bonchev–Trinajstić information content (AvgIpc) is 3.54. The maximum absolute atomic E-state index is 14.8. The van der Waals surface area contributed by atoms with Crippen molar-refractivity contribution in [1.82, 2.24) is 20.2 Å². The molecule has 0 aliphatic heterocycles. The van der Waals surface area contributed by atoms with E-state index >= 15 is 0 Å². The predicted molar refractivity (Wildman–Crippen MR) is 182 cm³/mol. The molecule has 1 heterocycles. The molecule has 13 heteroatoms. The summed E-state index contributed by atoms with van der Waals surface area (Å²) < 4.78 is 10.7. The molecule has 0 spiro atoms. The molecular formula is C37H42N5NaO7. The summed E-state index contributed by atoms with van der Waals surface area (Å²) >= 11 is 0. The van der Waals surface area contributed by atoms with Crippen molar-refractivity contribution in [2.75, 3.05) is 7.11 Å². The number of carbonyl (C=O) groups excluding carboxylic acids is 4. The molecule has 0 radical (unpaired) electrons. The van der Waals surface area contributed by atoms with Gasteiger partial charge in [0.05, 0.1) is 24.8 Å². The van der Waals surface area contributed by atoms with E-state index in [-0.39, 0.29) is 53.8 Å². The smallest absolute Gasteiger partial charge is 0.545 e. The van der Waals surface area contributed by atoms with Crippen molar-refractivity contribution >= 4 is 23.9 Å². The van der Waals surface area contributed by atoms with Crippen LogP contribution in [0.4, 0.5) is 4.79 Å². The molecule has 2 unspecified atom stereocenters. The Balaban J connectivity index is 0.00000676. The molecule has 12 nitrogen and oxygen atoms in total. The first-order valence-electron chi connectivity index (χ1n) is 15.8. The number of hydrogen-bond acceptors (Lipinski definition) is 8. The minimum atomic E-state index is -1.43. The van der Waals surface area contributed by atoms with E-state index in [2.05, 4.69) is 10.3 Å². The van der Waals surface area contributed by atoms with Crippen LogP contribution in [0, 0.1) is 13.8 Å². The van der Waals surface area contributed by atoms with Crippen molar-refractivity contribution in [2.45, 2.75) is 72.2 Å². The van der Waals surface area contributed by atoms with E-state index < -0.39 is 41.6 Å². The third kappa shape index (κ3) is 9.96. The minimum Gasteiger partial charge on any atom is -0.545 e. The Kier molecular flexibility index (Phi) is 13.4. The molecule has 3 aromatic carbocycles. The van der Waals surface area contributed by atoms with E-state index in [4.69, 9.17) is 20.2 Å². The molecule has 2 atom stereocenters. The molecule has 0 aliphatic rings. The van der Waals surface area contributed by atoms with Crippen LogP contribution in [-0.4, -0.2) is 57.5 Å². The van der Waals surface area contributed by atoms with Crippen molar-refractivity contribution in [3.63, 3.8) is 0 Å². The number of benzene rings is 3. The summed E-state index contributed by atoms with van der Waals surface area (Å²) in [6.45, 7) is 10.5. The molecule has 1 aromatic heterocycles. The molecule has 0 aliphatic carbocycles. The number of rotatable bonds is 12. The van der Waals surface area contributed by atoms with E-state index in [1.807, 2.05) is 30.3 Å². The molecule has 4 N–H and O–H groups in total. The largest absolute Gasteiger partial charge is 1.00 e. The Morgan fingerprint density at radius 2 is 1.66 bits per heavy atom. The summed E-state index contributed by atoms with van der Waals surface area (Å²) in [4.78, 5) is 61.3. The number of carboxylic acids is 1. The van der Waals surface area contributed by atoms with Crippen molar-refractivity contribution in [3.05, 3.63) is 106 Å². The Morgan fingerprint density at radius 1 is 1.02 bits per heavy atom. The molecule has 4 aromatic rings. The number of nitrogens with zero attached hydrogens (tertiary/aromatic N) is 2. The van der Waals surface area contributed by atoms with Crippen LogP contribution in [0.25, 0.3) is 11.3 Å². The normalized spacial score (nSPS) is 12.2. The zero-order chi connectivity index (χ0) is 36.0. The molecular weight excluding hydrogens is 649 g/mol. The number of aromatic amines is 1. The number of nitrogens with one attached hydrogen (secondary N) is 2. The van der Waals surface area contributed by atoms with E-state index in [0.717, 1.165) is 11.1 Å². The summed E-state index contributed by atoms with van der Waals surface area (Å²) in [7, 11) is 1.35. The minimum absolute atomic E-state index is 0. The van der Waals surface area contributed by atoms with Crippen LogP contribution in [0.15, 0.2) is 66.9 Å². The molecule has 0 saturated heterocycles. The number of methoxy groups -OCH3 is 1. The number of ether oxygens (including phenoxy) is 2. The second kappa shape index (κ2) is 16.8. The Hall–Kier alpha value is -4.65. The molecule has 258 valence electrons. The van der Waals surface area contributed by atoms with E-state index in [9.17, 15) is 24.3 Å². The van der Waals surface area contributed by atoms with Gasteiger partial charge in [0, 0.05) is 35.9 Å². The van der Waals surface area contributed by atoms with Gasteiger partial charge in [0.1, 0.15) is 23.2 Å². The van der Waals surface area contributed by atoms with Gasteiger partial charge in [-0.25, -0.2) is 9.78 Å². The van der Waals surface area contributed by atoms with Crippen molar-refractivity contribution in [3.8, 4) is 17.0 Å². The van der Waals surface area contributed by atoms with Gasteiger partial charge in [0.25, 0.3) is 0 Å². The third-order valence-corrected chi connectivity index (χ3v) is 8.03. The van der Waals surface area contributed by atoms with Crippen molar-refractivity contribution in [2.24, 2.45) is 5.73 Å². The van der Waals surface area contributed by atoms with Crippen molar-refractivity contribution < 1.29 is 63.3 Å². The van der Waals surface area contributed by atoms with Crippen LogP contribution in [0.1, 0.15) is 82.5 Å². The van der Waals surface area contributed by atoms with Crippen LogP contribution in [0.5, 0.6) is 5.75 Å². The van der Waals surface area contributed by atoms with Gasteiger partial charge in [-0.3, -0.25) is 9.59 Å². The van der Waals surface area contributed by atoms with E-state index in [0.29, 0.717) is 33.8 Å². The number of carboxylic acid groups (broad SMARTS) is 1. The van der Waals surface area contributed by atoms with Crippen LogP contribution in [0.3, 0.4) is 0 Å². The standard InChI is InChI=1S/C37H43N5O7.Na/c1-21-15-26(32(38)43)16-22(2)27(21)18-29(41-36(47)49-37(4,5)6)34(44)42(20-24-13-14-31(48-7)28(17-24)35(45)46)23(3)33-39-19-30(40-33)25-11-9-8-10-12-25;/h8-17,19,23,29H,18,20H2,1-7H3,(H2,38,43)(H,39,40)(H,41,47)(H,45,46);/q;+1/p-1. The Bertz CT molecular complexity index is 1830. The van der Waals surface area contributed by atoms with E-state index in [1.165, 1.54) is 24.1 Å². The van der Waals surface area contributed by atoms with Gasteiger partial charge in [-0.1, -0.05) is 36.4 Å². The number of amides is 3. The zero-order valence-corrected chi connectivity index (χ0v) is 31.7.